The van der Waals surface area contributed by atoms with Crippen LogP contribution < -0.4 is 0 Å². The van der Waals surface area contributed by atoms with Gasteiger partial charge in [-0.2, -0.15) is 11.8 Å². The predicted molar refractivity (Wildman–Crippen MR) is 91.1 cm³/mol. The van der Waals surface area contributed by atoms with Crippen LogP contribution in [0, 0.1) is 6.92 Å². The summed E-state index contributed by atoms with van der Waals surface area (Å²) in [6.07, 6.45) is 2.67. The molecule has 1 aliphatic rings. The van der Waals surface area contributed by atoms with E-state index in [-0.39, 0.29) is 5.91 Å². The lowest BCUT2D eigenvalue weighted by molar-refractivity contribution is 0.0760. The molecular formula is C18H20N2OS. The highest BCUT2D eigenvalue weighted by Crippen LogP contribution is 2.36. The second kappa shape index (κ2) is 6.97. The third-order valence-corrected chi connectivity index (χ3v) is 5.36. The Bertz CT molecular complexity index is 645. The van der Waals surface area contributed by atoms with Crippen LogP contribution in [0.25, 0.3) is 0 Å². The zero-order valence-electron chi connectivity index (χ0n) is 12.7. The van der Waals surface area contributed by atoms with Crippen molar-refractivity contribution in [2.75, 3.05) is 18.8 Å². The molecule has 114 valence electrons. The van der Waals surface area contributed by atoms with Crippen LogP contribution in [0.3, 0.4) is 0 Å². The number of carbonyl (C=O) groups excluding carboxylic acids is 1. The first-order valence-corrected chi connectivity index (χ1v) is 8.68. The van der Waals surface area contributed by atoms with E-state index in [0.29, 0.717) is 10.9 Å². The maximum absolute atomic E-state index is 12.5. The SMILES string of the molecule is Cc1ccccc1C1CCN(C(=O)c2ccccn2)CCS1. The number of hydrogen-bond donors (Lipinski definition) is 0. The second-order valence-corrected chi connectivity index (χ2v) is 6.82. The number of aryl methyl sites for hydroxylation is 1. The molecule has 1 amide bonds. The first-order chi connectivity index (χ1) is 10.8. The van der Waals surface area contributed by atoms with Gasteiger partial charge < -0.3 is 4.90 Å². The summed E-state index contributed by atoms with van der Waals surface area (Å²) in [7, 11) is 0. The number of amides is 1. The monoisotopic (exact) mass is 312 g/mol. The van der Waals surface area contributed by atoms with Gasteiger partial charge in [0, 0.05) is 30.3 Å². The molecule has 1 aliphatic heterocycles. The fourth-order valence-electron chi connectivity index (χ4n) is 2.82. The summed E-state index contributed by atoms with van der Waals surface area (Å²) >= 11 is 1.95. The minimum atomic E-state index is 0.0478. The molecule has 3 rings (SSSR count). The van der Waals surface area contributed by atoms with Crippen molar-refractivity contribution in [2.45, 2.75) is 18.6 Å². The van der Waals surface area contributed by atoms with E-state index in [1.807, 2.05) is 28.8 Å². The smallest absolute Gasteiger partial charge is 0.272 e. The van der Waals surface area contributed by atoms with Gasteiger partial charge in [-0.1, -0.05) is 30.3 Å². The van der Waals surface area contributed by atoms with E-state index in [0.717, 1.165) is 25.3 Å². The maximum atomic E-state index is 12.5. The van der Waals surface area contributed by atoms with Crippen LogP contribution in [0.15, 0.2) is 48.7 Å². The Balaban J connectivity index is 1.70. The zero-order valence-corrected chi connectivity index (χ0v) is 13.6. The van der Waals surface area contributed by atoms with Gasteiger partial charge in [0.05, 0.1) is 0 Å². The Hall–Kier alpha value is -1.81. The Morgan fingerprint density at radius 2 is 2.00 bits per heavy atom. The molecule has 1 unspecified atom stereocenters. The highest BCUT2D eigenvalue weighted by Gasteiger charge is 2.23. The van der Waals surface area contributed by atoms with Crippen LogP contribution in [-0.4, -0.2) is 34.6 Å². The first-order valence-electron chi connectivity index (χ1n) is 7.63. The van der Waals surface area contributed by atoms with E-state index in [1.165, 1.54) is 11.1 Å². The summed E-state index contributed by atoms with van der Waals surface area (Å²) < 4.78 is 0. The third kappa shape index (κ3) is 3.33. The number of nitrogens with zero attached hydrogens (tertiary/aromatic N) is 2. The van der Waals surface area contributed by atoms with Gasteiger partial charge in [0.1, 0.15) is 5.69 Å². The van der Waals surface area contributed by atoms with Crippen molar-refractivity contribution in [1.29, 1.82) is 0 Å². The molecule has 22 heavy (non-hydrogen) atoms. The van der Waals surface area contributed by atoms with Crippen molar-refractivity contribution in [3.8, 4) is 0 Å². The Morgan fingerprint density at radius 1 is 1.18 bits per heavy atom. The summed E-state index contributed by atoms with van der Waals surface area (Å²) in [6.45, 7) is 3.75. The fourth-order valence-corrected chi connectivity index (χ4v) is 4.15. The van der Waals surface area contributed by atoms with Crippen LogP contribution in [0.5, 0.6) is 0 Å². The van der Waals surface area contributed by atoms with E-state index < -0.39 is 0 Å². The third-order valence-electron chi connectivity index (χ3n) is 4.05. The summed E-state index contributed by atoms with van der Waals surface area (Å²) in [6, 6.07) is 14.0. The number of carbonyl (C=O) groups is 1. The van der Waals surface area contributed by atoms with E-state index in [2.05, 4.69) is 36.2 Å². The standard InChI is InChI=1S/C18H20N2OS/c1-14-6-2-3-7-15(14)17-9-11-20(12-13-22-17)18(21)16-8-4-5-10-19-16/h2-8,10,17H,9,11-13H2,1H3. The number of hydrogen-bond acceptors (Lipinski definition) is 3. The van der Waals surface area contributed by atoms with E-state index in [1.54, 1.807) is 12.3 Å². The molecule has 1 fully saturated rings. The average molecular weight is 312 g/mol. The highest BCUT2D eigenvalue weighted by atomic mass is 32.2. The summed E-state index contributed by atoms with van der Waals surface area (Å²) in [5.41, 5.74) is 3.28. The Morgan fingerprint density at radius 3 is 2.77 bits per heavy atom. The van der Waals surface area contributed by atoms with Gasteiger partial charge in [0.15, 0.2) is 0 Å². The molecule has 2 heterocycles. The molecule has 0 saturated carbocycles. The molecule has 1 aromatic carbocycles. The van der Waals surface area contributed by atoms with Crippen molar-refractivity contribution in [3.63, 3.8) is 0 Å². The quantitative estimate of drug-likeness (QED) is 0.847. The fraction of sp³-hybridized carbons (Fsp3) is 0.333. The van der Waals surface area contributed by atoms with Crippen molar-refractivity contribution in [3.05, 3.63) is 65.5 Å². The number of benzene rings is 1. The highest BCUT2D eigenvalue weighted by molar-refractivity contribution is 7.99. The van der Waals surface area contributed by atoms with E-state index in [4.69, 9.17) is 0 Å². The van der Waals surface area contributed by atoms with Crippen LogP contribution in [0.1, 0.15) is 33.3 Å². The van der Waals surface area contributed by atoms with Crippen molar-refractivity contribution in [2.24, 2.45) is 0 Å². The predicted octanol–water partition coefficient (Wildman–Crippen LogP) is 3.71. The molecule has 0 radical (unpaired) electrons. The number of rotatable bonds is 2. The largest absolute Gasteiger partial charge is 0.336 e. The van der Waals surface area contributed by atoms with Crippen molar-refractivity contribution >= 4 is 17.7 Å². The maximum Gasteiger partial charge on any atom is 0.272 e. The molecule has 1 aromatic heterocycles. The first kappa shape index (κ1) is 15.1. The van der Waals surface area contributed by atoms with Crippen molar-refractivity contribution < 1.29 is 4.79 Å². The minimum Gasteiger partial charge on any atom is -0.336 e. The molecule has 0 spiro atoms. The molecule has 4 heteroatoms. The van der Waals surface area contributed by atoms with Crippen LogP contribution in [0.4, 0.5) is 0 Å². The zero-order chi connectivity index (χ0) is 15.4. The van der Waals surface area contributed by atoms with E-state index in [9.17, 15) is 4.79 Å². The summed E-state index contributed by atoms with van der Waals surface area (Å²) in [4.78, 5) is 18.6. The average Bonchev–Trinajstić information content (AvgIpc) is 2.81. The molecule has 0 N–H and O–H groups in total. The van der Waals surface area contributed by atoms with E-state index >= 15 is 0 Å². The minimum absolute atomic E-state index is 0.0478. The molecule has 0 aliphatic carbocycles. The number of thioether (sulfide) groups is 1. The van der Waals surface area contributed by atoms with Crippen LogP contribution >= 0.6 is 11.8 Å². The molecule has 3 nitrogen and oxygen atoms in total. The number of pyridine rings is 1. The summed E-state index contributed by atoms with van der Waals surface area (Å²) in [5.74, 6) is 1.02. The van der Waals surface area contributed by atoms with Gasteiger partial charge in [-0.05, 0) is 36.6 Å². The van der Waals surface area contributed by atoms with Crippen LogP contribution in [0.2, 0.25) is 0 Å². The number of aromatic nitrogens is 1. The Kier molecular flexibility index (Phi) is 4.78. The van der Waals surface area contributed by atoms with Gasteiger partial charge >= 0.3 is 0 Å². The normalized spacial score (nSPS) is 18.8. The molecule has 2 aromatic rings. The van der Waals surface area contributed by atoms with Crippen molar-refractivity contribution in [1.82, 2.24) is 9.88 Å². The molecule has 1 saturated heterocycles. The topological polar surface area (TPSA) is 33.2 Å². The lowest BCUT2D eigenvalue weighted by Gasteiger charge is -2.20. The molecule has 1 atom stereocenters. The van der Waals surface area contributed by atoms with Gasteiger partial charge in [0.25, 0.3) is 5.91 Å². The van der Waals surface area contributed by atoms with Gasteiger partial charge in [-0.25, -0.2) is 0 Å². The lowest BCUT2D eigenvalue weighted by atomic mass is 10.0. The van der Waals surface area contributed by atoms with Gasteiger partial charge in [0.2, 0.25) is 0 Å². The lowest BCUT2D eigenvalue weighted by Crippen LogP contribution is -2.33. The Labute approximate surface area is 135 Å². The van der Waals surface area contributed by atoms with Crippen LogP contribution in [-0.2, 0) is 0 Å². The molecular weight excluding hydrogens is 292 g/mol. The molecule has 0 bridgehead atoms. The van der Waals surface area contributed by atoms with Gasteiger partial charge in [-0.3, -0.25) is 9.78 Å². The van der Waals surface area contributed by atoms with Gasteiger partial charge in [-0.15, -0.1) is 0 Å². The second-order valence-electron chi connectivity index (χ2n) is 5.51. The summed E-state index contributed by atoms with van der Waals surface area (Å²) in [5, 5.41) is 0.475.